The number of carbonyl (C=O) groups is 2. The van der Waals surface area contributed by atoms with Gasteiger partial charge in [-0.25, -0.2) is 4.79 Å². The molecule has 0 atom stereocenters. The summed E-state index contributed by atoms with van der Waals surface area (Å²) in [6, 6.07) is 10.9. The smallest absolute Gasteiger partial charge is 0.289 e. The number of hydrogen-bond acceptors (Lipinski definition) is 4. The van der Waals surface area contributed by atoms with E-state index >= 15 is 0 Å². The van der Waals surface area contributed by atoms with Crippen molar-refractivity contribution in [2.75, 3.05) is 0 Å². The highest BCUT2D eigenvalue weighted by Crippen LogP contribution is 2.28. The first-order valence-corrected chi connectivity index (χ1v) is 6.97. The third-order valence-electron chi connectivity index (χ3n) is 3.40. The van der Waals surface area contributed by atoms with Gasteiger partial charge in [-0.05, 0) is 26.3 Å². The van der Waals surface area contributed by atoms with Crippen molar-refractivity contribution in [1.82, 2.24) is 0 Å². The first kappa shape index (κ1) is 15.8. The lowest BCUT2D eigenvalue weighted by Crippen LogP contribution is -2.09. The van der Waals surface area contributed by atoms with Gasteiger partial charge < -0.3 is 0 Å². The molecule has 0 fully saturated rings. The van der Waals surface area contributed by atoms with Crippen molar-refractivity contribution in [2.24, 2.45) is 0 Å². The highest BCUT2D eigenvalue weighted by atomic mass is 17.2. The quantitative estimate of drug-likeness (QED) is 0.490. The number of benzene rings is 2. The summed E-state index contributed by atoms with van der Waals surface area (Å²) in [6.07, 6.45) is 0. The summed E-state index contributed by atoms with van der Waals surface area (Å²) >= 11 is 0. The first-order chi connectivity index (χ1) is 10.4. The van der Waals surface area contributed by atoms with E-state index in [4.69, 9.17) is 4.89 Å². The molecule has 0 bridgehead atoms. The topological polar surface area (TPSA) is 52.6 Å². The molecule has 0 unspecified atom stereocenters. The van der Waals surface area contributed by atoms with Gasteiger partial charge in [0.1, 0.15) is 0 Å². The van der Waals surface area contributed by atoms with E-state index < -0.39 is 5.97 Å². The summed E-state index contributed by atoms with van der Waals surface area (Å²) in [5.74, 6) is -0.243. The molecule has 0 amide bonds. The number of aryl methyl sites for hydroxylation is 2. The van der Waals surface area contributed by atoms with Crippen LogP contribution >= 0.6 is 0 Å². The van der Waals surface area contributed by atoms with E-state index in [9.17, 15) is 9.59 Å². The van der Waals surface area contributed by atoms with Gasteiger partial charge in [-0.3, -0.25) is 14.6 Å². The molecule has 114 valence electrons. The Bertz CT molecular complexity index is 715. The van der Waals surface area contributed by atoms with Crippen molar-refractivity contribution < 1.29 is 19.4 Å². The Morgan fingerprint density at radius 2 is 1.55 bits per heavy atom. The van der Waals surface area contributed by atoms with E-state index in [1.165, 1.54) is 6.92 Å². The highest BCUT2D eigenvalue weighted by molar-refractivity contribution is 6.10. The molecule has 2 aromatic rings. The molecule has 22 heavy (non-hydrogen) atoms. The van der Waals surface area contributed by atoms with E-state index in [1.807, 2.05) is 26.0 Å². The van der Waals surface area contributed by atoms with E-state index in [-0.39, 0.29) is 5.78 Å². The lowest BCUT2D eigenvalue weighted by molar-refractivity contribution is -0.211. The van der Waals surface area contributed by atoms with Crippen molar-refractivity contribution >= 4 is 11.8 Å². The molecule has 2 rings (SSSR count). The lowest BCUT2D eigenvalue weighted by Gasteiger charge is -2.12. The van der Waals surface area contributed by atoms with Crippen LogP contribution in [0.2, 0.25) is 0 Å². The zero-order valence-corrected chi connectivity index (χ0v) is 13.1. The lowest BCUT2D eigenvalue weighted by atomic mass is 9.96. The molecule has 0 saturated carbocycles. The molecule has 4 nitrogen and oxygen atoms in total. The maximum Gasteiger partial charge on any atom is 0.352 e. The zero-order chi connectivity index (χ0) is 16.3. The molecular weight excluding hydrogens is 280 g/mol. The van der Waals surface area contributed by atoms with Crippen LogP contribution in [0.3, 0.4) is 0 Å². The Balaban J connectivity index is 2.39. The Labute approximate surface area is 129 Å². The van der Waals surface area contributed by atoms with Crippen LogP contribution in [0.25, 0.3) is 0 Å². The van der Waals surface area contributed by atoms with Gasteiger partial charge in [0.25, 0.3) is 0 Å². The maximum atomic E-state index is 12.6. The molecule has 0 spiro atoms. The van der Waals surface area contributed by atoms with Gasteiger partial charge in [0.15, 0.2) is 11.5 Å². The van der Waals surface area contributed by atoms with Crippen molar-refractivity contribution in [2.45, 2.75) is 27.7 Å². The number of rotatable bonds is 4. The average Bonchev–Trinajstić information content (AvgIpc) is 2.47. The fourth-order valence-electron chi connectivity index (χ4n) is 2.16. The maximum absolute atomic E-state index is 12.6. The van der Waals surface area contributed by atoms with Gasteiger partial charge in [-0.15, -0.1) is 0 Å². The third kappa shape index (κ3) is 3.34. The predicted molar refractivity (Wildman–Crippen MR) is 82.9 cm³/mol. The van der Waals surface area contributed by atoms with Gasteiger partial charge in [-0.2, -0.15) is 0 Å². The van der Waals surface area contributed by atoms with Gasteiger partial charge in [0.2, 0.25) is 0 Å². The van der Waals surface area contributed by atoms with Crippen molar-refractivity contribution in [3.63, 3.8) is 0 Å². The summed E-state index contributed by atoms with van der Waals surface area (Å²) in [5.41, 5.74) is 3.66. The molecule has 4 heteroatoms. The van der Waals surface area contributed by atoms with Gasteiger partial charge in [0.05, 0.1) is 0 Å². The first-order valence-electron chi connectivity index (χ1n) is 6.97. The molecule has 0 aromatic heterocycles. The van der Waals surface area contributed by atoms with Crippen LogP contribution in [-0.4, -0.2) is 11.8 Å². The Morgan fingerprint density at radius 1 is 0.909 bits per heavy atom. The predicted octanol–water partition coefficient (Wildman–Crippen LogP) is 3.70. The summed E-state index contributed by atoms with van der Waals surface area (Å²) in [4.78, 5) is 33.2. The summed E-state index contributed by atoms with van der Waals surface area (Å²) in [7, 11) is 0. The molecule has 0 aliphatic rings. The molecule has 0 aliphatic carbocycles. The summed E-state index contributed by atoms with van der Waals surface area (Å²) in [5, 5.41) is 0. The minimum Gasteiger partial charge on any atom is -0.289 e. The second-order valence-corrected chi connectivity index (χ2v) is 5.24. The Kier molecular flexibility index (Phi) is 4.61. The average molecular weight is 298 g/mol. The number of carbonyl (C=O) groups excluding carboxylic acids is 2. The van der Waals surface area contributed by atoms with Gasteiger partial charge in [-0.1, -0.05) is 42.0 Å². The van der Waals surface area contributed by atoms with E-state index in [2.05, 4.69) is 4.89 Å². The number of hydrogen-bond donors (Lipinski definition) is 0. The summed E-state index contributed by atoms with van der Waals surface area (Å²) < 4.78 is 0. The zero-order valence-electron chi connectivity index (χ0n) is 13.1. The van der Waals surface area contributed by atoms with Crippen LogP contribution < -0.4 is 4.89 Å². The van der Waals surface area contributed by atoms with Crippen LogP contribution in [0.15, 0.2) is 36.4 Å². The molecular formula is C18H18O4. The van der Waals surface area contributed by atoms with Crippen molar-refractivity contribution in [3.8, 4) is 5.75 Å². The molecule has 2 aromatic carbocycles. The van der Waals surface area contributed by atoms with Crippen LogP contribution in [-0.2, 0) is 9.68 Å². The van der Waals surface area contributed by atoms with Crippen LogP contribution in [0, 0.1) is 20.8 Å². The van der Waals surface area contributed by atoms with Crippen LogP contribution in [0.5, 0.6) is 5.75 Å². The monoisotopic (exact) mass is 298 g/mol. The minimum atomic E-state index is -0.547. The van der Waals surface area contributed by atoms with E-state index in [0.29, 0.717) is 22.4 Å². The Hall–Kier alpha value is -2.62. The highest BCUT2D eigenvalue weighted by Gasteiger charge is 2.17. The fraction of sp³-hybridized carbons (Fsp3) is 0.222. The van der Waals surface area contributed by atoms with Crippen molar-refractivity contribution in [1.29, 1.82) is 0 Å². The van der Waals surface area contributed by atoms with Gasteiger partial charge >= 0.3 is 5.97 Å². The van der Waals surface area contributed by atoms with E-state index in [1.54, 1.807) is 31.2 Å². The standard InChI is InChI=1S/C18H18O4/c1-11-5-8-15(9-6-11)17(20)16-10-7-12(2)18(13(16)3)22-21-14(4)19/h5-10H,1-4H3. The molecule has 0 radical (unpaired) electrons. The third-order valence-corrected chi connectivity index (χ3v) is 3.40. The normalized spacial score (nSPS) is 10.2. The second kappa shape index (κ2) is 6.43. The minimum absolute atomic E-state index is 0.0924. The number of ketones is 1. The SMILES string of the molecule is CC(=O)OOc1c(C)ccc(C(=O)c2ccc(C)cc2)c1C. The molecule has 0 aliphatic heterocycles. The van der Waals surface area contributed by atoms with Crippen LogP contribution in [0.4, 0.5) is 0 Å². The second-order valence-electron chi connectivity index (χ2n) is 5.24. The van der Waals surface area contributed by atoms with Crippen LogP contribution in [0.1, 0.15) is 39.5 Å². The van der Waals surface area contributed by atoms with Gasteiger partial charge in [0, 0.05) is 23.6 Å². The molecule has 0 N–H and O–H groups in total. The fourth-order valence-corrected chi connectivity index (χ4v) is 2.16. The molecule has 0 saturated heterocycles. The summed E-state index contributed by atoms with van der Waals surface area (Å²) in [6.45, 7) is 6.82. The largest absolute Gasteiger partial charge is 0.352 e. The van der Waals surface area contributed by atoms with E-state index in [0.717, 1.165) is 11.1 Å². The van der Waals surface area contributed by atoms with Crippen molar-refractivity contribution in [3.05, 3.63) is 64.2 Å². The Morgan fingerprint density at radius 3 is 2.14 bits per heavy atom. The molecule has 0 heterocycles.